The van der Waals surface area contributed by atoms with Crippen LogP contribution in [0, 0.1) is 5.82 Å². The van der Waals surface area contributed by atoms with Gasteiger partial charge in [0.25, 0.3) is 0 Å². The minimum Gasteiger partial charge on any atom is -0.478 e. The van der Waals surface area contributed by atoms with Crippen LogP contribution >= 0.6 is 11.6 Å². The fourth-order valence-corrected chi connectivity index (χ4v) is 2.79. The maximum Gasteiger partial charge on any atom is 0.335 e. The molecule has 0 saturated heterocycles. The number of ketones is 1. The van der Waals surface area contributed by atoms with E-state index in [1.54, 1.807) is 0 Å². The summed E-state index contributed by atoms with van der Waals surface area (Å²) in [5.41, 5.74) is 1.09. The molecule has 0 aromatic heterocycles. The van der Waals surface area contributed by atoms with Crippen LogP contribution < -0.4 is 4.90 Å². The summed E-state index contributed by atoms with van der Waals surface area (Å²) in [6, 6.07) is 8.13. The van der Waals surface area contributed by atoms with Crippen molar-refractivity contribution in [3.63, 3.8) is 0 Å². The van der Waals surface area contributed by atoms with Gasteiger partial charge >= 0.3 is 5.97 Å². The number of carbonyl (C=O) groups is 3. The third-order valence-electron chi connectivity index (χ3n) is 3.77. The van der Waals surface area contributed by atoms with Gasteiger partial charge in [0.1, 0.15) is 5.82 Å². The molecule has 0 fully saturated rings. The molecule has 2 aromatic carbocycles. The molecule has 24 heavy (non-hydrogen) atoms. The minimum atomic E-state index is -1.15. The van der Waals surface area contributed by atoms with Crippen LogP contribution in [0.25, 0.3) is 0 Å². The lowest BCUT2D eigenvalue weighted by Gasteiger charge is -2.29. The first-order chi connectivity index (χ1) is 11.4. The number of halogens is 2. The highest BCUT2D eigenvalue weighted by Crippen LogP contribution is 2.30. The number of aromatic carboxylic acids is 1. The number of benzene rings is 2. The molecule has 0 spiro atoms. The van der Waals surface area contributed by atoms with Crippen molar-refractivity contribution in [2.45, 2.75) is 13.0 Å². The second-order valence-corrected chi connectivity index (χ2v) is 5.77. The van der Waals surface area contributed by atoms with Crippen molar-refractivity contribution in [1.82, 2.24) is 0 Å². The van der Waals surface area contributed by atoms with E-state index in [1.807, 2.05) is 0 Å². The summed E-state index contributed by atoms with van der Waals surface area (Å²) >= 11 is 5.75. The molecule has 5 nitrogen and oxygen atoms in total. The summed E-state index contributed by atoms with van der Waals surface area (Å²) in [6.45, 7) is 0.103. The number of carboxylic acid groups (broad SMARTS) is 1. The molecule has 122 valence electrons. The first-order valence-electron chi connectivity index (χ1n) is 7.01. The van der Waals surface area contributed by atoms with E-state index in [-0.39, 0.29) is 29.1 Å². The molecule has 1 aliphatic heterocycles. The van der Waals surface area contributed by atoms with Gasteiger partial charge in [-0.2, -0.15) is 0 Å². The van der Waals surface area contributed by atoms with Crippen molar-refractivity contribution in [3.8, 4) is 0 Å². The summed E-state index contributed by atoms with van der Waals surface area (Å²) in [4.78, 5) is 36.7. The highest BCUT2D eigenvalue weighted by Gasteiger charge is 2.30. The largest absolute Gasteiger partial charge is 0.478 e. The Morgan fingerprint density at radius 1 is 1.21 bits per heavy atom. The third kappa shape index (κ3) is 2.88. The van der Waals surface area contributed by atoms with Crippen LogP contribution in [0.15, 0.2) is 36.4 Å². The van der Waals surface area contributed by atoms with Gasteiger partial charge < -0.3 is 10.0 Å². The summed E-state index contributed by atoms with van der Waals surface area (Å²) in [5.74, 6) is -2.55. The van der Waals surface area contributed by atoms with Crippen LogP contribution in [0.5, 0.6) is 0 Å². The quantitative estimate of drug-likeness (QED) is 0.864. The predicted octanol–water partition coefficient (Wildman–Crippen LogP) is 3.30. The Morgan fingerprint density at radius 2 is 1.96 bits per heavy atom. The third-order valence-corrected chi connectivity index (χ3v) is 4.06. The Bertz CT molecular complexity index is 881. The van der Waals surface area contributed by atoms with Crippen LogP contribution in [0.3, 0.4) is 0 Å². The number of anilines is 1. The first kappa shape index (κ1) is 16.1. The molecule has 1 N–H and O–H groups in total. The molecule has 2 aromatic rings. The number of hydrogen-bond donors (Lipinski definition) is 1. The van der Waals surface area contributed by atoms with E-state index >= 15 is 0 Å². The second-order valence-electron chi connectivity index (χ2n) is 5.37. The number of amides is 1. The first-order valence-corrected chi connectivity index (χ1v) is 7.39. The van der Waals surface area contributed by atoms with E-state index in [4.69, 9.17) is 16.7 Å². The van der Waals surface area contributed by atoms with Crippen molar-refractivity contribution >= 4 is 34.9 Å². The van der Waals surface area contributed by atoms with E-state index in [0.717, 1.165) is 0 Å². The molecule has 1 aliphatic rings. The topological polar surface area (TPSA) is 74.7 Å². The van der Waals surface area contributed by atoms with Crippen molar-refractivity contribution in [2.24, 2.45) is 0 Å². The molecule has 1 amide bonds. The Hall–Kier alpha value is -2.73. The molecular formula is C17H11ClFNO4. The van der Waals surface area contributed by atoms with Gasteiger partial charge in [-0.3, -0.25) is 9.59 Å². The van der Waals surface area contributed by atoms with Crippen molar-refractivity contribution < 1.29 is 23.9 Å². The van der Waals surface area contributed by atoms with E-state index in [9.17, 15) is 18.8 Å². The number of rotatable bonds is 3. The number of carboxylic acids is 1. The molecule has 7 heteroatoms. The Labute approximate surface area is 141 Å². The zero-order valence-corrected chi connectivity index (χ0v) is 13.0. The normalized spacial score (nSPS) is 13.8. The van der Waals surface area contributed by atoms with Crippen LogP contribution in [0.4, 0.5) is 10.1 Å². The van der Waals surface area contributed by atoms with Crippen molar-refractivity contribution in [3.05, 3.63) is 63.9 Å². The number of nitrogens with zero attached hydrogens (tertiary/aromatic N) is 1. The summed E-state index contributed by atoms with van der Waals surface area (Å²) in [5, 5.41) is 8.98. The second kappa shape index (κ2) is 6.05. The van der Waals surface area contributed by atoms with Gasteiger partial charge in [-0.25, -0.2) is 9.18 Å². The highest BCUT2D eigenvalue weighted by atomic mass is 35.5. The van der Waals surface area contributed by atoms with Crippen molar-refractivity contribution in [2.75, 3.05) is 4.90 Å². The van der Waals surface area contributed by atoms with Crippen LogP contribution in [0.2, 0.25) is 5.02 Å². The van der Waals surface area contributed by atoms with Crippen LogP contribution in [-0.4, -0.2) is 22.8 Å². The summed E-state index contributed by atoms with van der Waals surface area (Å²) < 4.78 is 13.3. The predicted molar refractivity (Wildman–Crippen MR) is 84.9 cm³/mol. The molecule has 0 saturated carbocycles. The molecule has 1 heterocycles. The highest BCUT2D eigenvalue weighted by molar-refractivity contribution is 6.30. The maximum atomic E-state index is 13.3. The molecule has 0 aliphatic carbocycles. The summed E-state index contributed by atoms with van der Waals surface area (Å²) in [7, 11) is 0. The molecule has 0 atom stereocenters. The van der Waals surface area contributed by atoms with Gasteiger partial charge in [0.15, 0.2) is 5.78 Å². The smallest absolute Gasteiger partial charge is 0.335 e. The molecule has 3 rings (SSSR count). The number of carbonyl (C=O) groups excluding carboxylic acids is 2. The lowest BCUT2D eigenvalue weighted by atomic mass is 9.97. The number of fused-ring (bicyclic) bond motifs is 1. The molecular weight excluding hydrogens is 337 g/mol. The SMILES string of the molecule is O=C(O)c1ccc2c(c1)C(=O)CC(=O)N2Cc1ccc(F)c(Cl)c1. The Kier molecular flexibility index (Phi) is 4.07. The Morgan fingerprint density at radius 3 is 2.62 bits per heavy atom. The van der Waals surface area contributed by atoms with Gasteiger partial charge in [0, 0.05) is 5.56 Å². The molecule has 0 bridgehead atoms. The van der Waals surface area contributed by atoms with E-state index < -0.39 is 23.5 Å². The van der Waals surface area contributed by atoms with Gasteiger partial charge in [-0.15, -0.1) is 0 Å². The van der Waals surface area contributed by atoms with Crippen LogP contribution in [-0.2, 0) is 11.3 Å². The average molecular weight is 348 g/mol. The van der Waals surface area contributed by atoms with E-state index in [2.05, 4.69) is 0 Å². The zero-order chi connectivity index (χ0) is 17.4. The zero-order valence-electron chi connectivity index (χ0n) is 12.3. The van der Waals surface area contributed by atoms with Gasteiger partial charge in [0.2, 0.25) is 5.91 Å². The fraction of sp³-hybridized carbons (Fsp3) is 0.118. The minimum absolute atomic E-state index is 0.0266. The Balaban J connectivity index is 2.01. The van der Waals surface area contributed by atoms with Crippen molar-refractivity contribution in [1.29, 1.82) is 0 Å². The lowest BCUT2D eigenvalue weighted by Crippen LogP contribution is -2.37. The fourth-order valence-electron chi connectivity index (χ4n) is 2.58. The standard InChI is InChI=1S/C17H11ClFNO4/c18-12-5-9(1-3-13(12)19)8-20-14-4-2-10(17(23)24)6-11(14)15(21)7-16(20)22/h1-6H,7-8H2,(H,23,24). The van der Waals surface area contributed by atoms with Gasteiger partial charge in [-0.05, 0) is 35.9 Å². The van der Waals surface area contributed by atoms with Gasteiger partial charge in [-0.1, -0.05) is 17.7 Å². The molecule has 0 unspecified atom stereocenters. The summed E-state index contributed by atoms with van der Waals surface area (Å²) in [6.07, 6.45) is -0.342. The van der Waals surface area contributed by atoms with Gasteiger partial charge in [0.05, 0.1) is 29.2 Å². The lowest BCUT2D eigenvalue weighted by molar-refractivity contribution is -0.118. The number of hydrogen-bond acceptors (Lipinski definition) is 3. The van der Waals surface area contributed by atoms with E-state index in [0.29, 0.717) is 11.3 Å². The van der Waals surface area contributed by atoms with E-state index in [1.165, 1.54) is 41.3 Å². The number of Topliss-reactive ketones (excluding diaryl/α,β-unsaturated/α-hetero) is 1. The monoisotopic (exact) mass is 347 g/mol. The molecule has 0 radical (unpaired) electrons. The van der Waals surface area contributed by atoms with Crippen LogP contribution in [0.1, 0.15) is 32.7 Å². The average Bonchev–Trinajstić information content (AvgIpc) is 2.54. The maximum absolute atomic E-state index is 13.3.